The predicted molar refractivity (Wildman–Crippen MR) is 67.0 cm³/mol. The highest BCUT2D eigenvalue weighted by Crippen LogP contribution is 2.30. The first kappa shape index (κ1) is 12.6. The van der Waals surface area contributed by atoms with Crippen LogP contribution in [-0.4, -0.2) is 0 Å². The van der Waals surface area contributed by atoms with Gasteiger partial charge in [-0.2, -0.15) is 0 Å². The molecule has 0 saturated carbocycles. The zero-order valence-electron chi connectivity index (χ0n) is 8.58. The van der Waals surface area contributed by atoms with Crippen molar-refractivity contribution < 1.29 is 8.81 Å². The summed E-state index contributed by atoms with van der Waals surface area (Å²) in [6.45, 7) is 0. The van der Waals surface area contributed by atoms with E-state index in [0.29, 0.717) is 5.76 Å². The van der Waals surface area contributed by atoms with Crippen LogP contribution in [0.2, 0.25) is 5.02 Å². The Balaban J connectivity index is 2.42. The standard InChI is InChI=1S/C11H9BrClFN2O/c12-7-3-4-17-11(7)10(16-15)6-1-2-9(14)8(13)5-6/h1-5,10,16H,15H2. The van der Waals surface area contributed by atoms with Crippen molar-refractivity contribution in [1.29, 1.82) is 0 Å². The van der Waals surface area contributed by atoms with Crippen LogP contribution in [0.1, 0.15) is 17.4 Å². The number of hydrazine groups is 1. The molecule has 0 amide bonds. The van der Waals surface area contributed by atoms with Crippen molar-refractivity contribution in [2.24, 2.45) is 5.84 Å². The van der Waals surface area contributed by atoms with E-state index < -0.39 is 11.9 Å². The normalized spacial score (nSPS) is 12.7. The first-order chi connectivity index (χ1) is 8.13. The molecular formula is C11H9BrClFN2O. The molecule has 3 N–H and O–H groups in total. The van der Waals surface area contributed by atoms with E-state index in [2.05, 4.69) is 21.4 Å². The highest BCUT2D eigenvalue weighted by molar-refractivity contribution is 9.10. The molecule has 1 heterocycles. The second-order valence-electron chi connectivity index (χ2n) is 3.41. The molecule has 0 spiro atoms. The van der Waals surface area contributed by atoms with Gasteiger partial charge in [0, 0.05) is 0 Å². The molecule has 0 radical (unpaired) electrons. The molecule has 17 heavy (non-hydrogen) atoms. The Morgan fingerprint density at radius 1 is 1.41 bits per heavy atom. The molecule has 1 unspecified atom stereocenters. The van der Waals surface area contributed by atoms with Crippen LogP contribution in [0, 0.1) is 5.82 Å². The summed E-state index contributed by atoms with van der Waals surface area (Å²) in [6, 6.07) is 5.76. The summed E-state index contributed by atoms with van der Waals surface area (Å²) in [7, 11) is 0. The number of rotatable bonds is 3. The quantitative estimate of drug-likeness (QED) is 0.673. The first-order valence-electron chi connectivity index (χ1n) is 4.77. The summed E-state index contributed by atoms with van der Waals surface area (Å²) in [4.78, 5) is 0. The van der Waals surface area contributed by atoms with Crippen LogP contribution in [0.15, 0.2) is 39.4 Å². The van der Waals surface area contributed by atoms with E-state index in [4.69, 9.17) is 21.9 Å². The molecule has 6 heteroatoms. The molecule has 0 aliphatic rings. The lowest BCUT2D eigenvalue weighted by molar-refractivity contribution is 0.449. The summed E-state index contributed by atoms with van der Waals surface area (Å²) >= 11 is 9.07. The zero-order chi connectivity index (χ0) is 12.4. The highest BCUT2D eigenvalue weighted by Gasteiger charge is 2.19. The van der Waals surface area contributed by atoms with Gasteiger partial charge >= 0.3 is 0 Å². The van der Waals surface area contributed by atoms with Crippen LogP contribution >= 0.6 is 27.5 Å². The zero-order valence-corrected chi connectivity index (χ0v) is 10.9. The van der Waals surface area contributed by atoms with E-state index in [-0.39, 0.29) is 5.02 Å². The number of hydrogen-bond donors (Lipinski definition) is 2. The molecule has 0 aliphatic carbocycles. The van der Waals surface area contributed by atoms with Crippen LogP contribution < -0.4 is 11.3 Å². The second-order valence-corrected chi connectivity index (χ2v) is 4.67. The number of furan rings is 1. The van der Waals surface area contributed by atoms with Gasteiger partial charge in [-0.15, -0.1) is 0 Å². The van der Waals surface area contributed by atoms with Crippen molar-refractivity contribution in [1.82, 2.24) is 5.43 Å². The molecule has 0 fully saturated rings. The van der Waals surface area contributed by atoms with Gasteiger partial charge in [-0.3, -0.25) is 5.84 Å². The Labute approximate surface area is 111 Å². The van der Waals surface area contributed by atoms with E-state index in [1.54, 1.807) is 12.1 Å². The number of nitrogens with two attached hydrogens (primary N) is 1. The summed E-state index contributed by atoms with van der Waals surface area (Å²) in [6.07, 6.45) is 1.54. The lowest BCUT2D eigenvalue weighted by Crippen LogP contribution is -2.28. The number of benzene rings is 1. The van der Waals surface area contributed by atoms with Crippen LogP contribution in [-0.2, 0) is 0 Å². The predicted octanol–water partition coefficient (Wildman–Crippen LogP) is 3.39. The molecule has 1 atom stereocenters. The molecule has 0 bridgehead atoms. The molecule has 1 aromatic heterocycles. The van der Waals surface area contributed by atoms with Gasteiger partial charge in [-0.1, -0.05) is 17.7 Å². The third-order valence-corrected chi connectivity index (χ3v) is 3.30. The summed E-state index contributed by atoms with van der Waals surface area (Å²) < 4.78 is 19.2. The smallest absolute Gasteiger partial charge is 0.141 e. The second kappa shape index (κ2) is 5.18. The maximum absolute atomic E-state index is 13.1. The van der Waals surface area contributed by atoms with E-state index >= 15 is 0 Å². The molecule has 1 aromatic carbocycles. The van der Waals surface area contributed by atoms with Crippen LogP contribution in [0.5, 0.6) is 0 Å². The lowest BCUT2D eigenvalue weighted by Gasteiger charge is -2.14. The van der Waals surface area contributed by atoms with Gasteiger partial charge in [0.1, 0.15) is 17.6 Å². The van der Waals surface area contributed by atoms with Crippen molar-refractivity contribution in [2.75, 3.05) is 0 Å². The Kier molecular flexibility index (Phi) is 3.83. The topological polar surface area (TPSA) is 51.2 Å². The molecule has 0 saturated heterocycles. The average Bonchev–Trinajstić information content (AvgIpc) is 2.71. The minimum Gasteiger partial charge on any atom is -0.466 e. The Bertz CT molecular complexity index is 532. The van der Waals surface area contributed by atoms with Crippen molar-refractivity contribution in [3.8, 4) is 0 Å². The Hall–Kier alpha value is -0.880. The van der Waals surface area contributed by atoms with Crippen molar-refractivity contribution in [2.45, 2.75) is 6.04 Å². The fourth-order valence-electron chi connectivity index (χ4n) is 1.53. The van der Waals surface area contributed by atoms with Gasteiger partial charge in [-0.05, 0) is 39.7 Å². The third kappa shape index (κ3) is 2.52. The van der Waals surface area contributed by atoms with Crippen molar-refractivity contribution in [3.05, 3.63) is 57.2 Å². The number of halogens is 3. The Morgan fingerprint density at radius 3 is 2.71 bits per heavy atom. The average molecular weight is 320 g/mol. The summed E-state index contributed by atoms with van der Waals surface area (Å²) in [5.74, 6) is 5.62. The molecule has 0 aliphatic heterocycles. The van der Waals surface area contributed by atoms with Gasteiger partial charge in [0.15, 0.2) is 0 Å². The Morgan fingerprint density at radius 2 is 2.18 bits per heavy atom. The van der Waals surface area contributed by atoms with Gasteiger partial charge in [-0.25, -0.2) is 9.82 Å². The van der Waals surface area contributed by atoms with Crippen molar-refractivity contribution >= 4 is 27.5 Å². The van der Waals surface area contributed by atoms with Gasteiger partial charge < -0.3 is 4.42 Å². The van der Waals surface area contributed by atoms with Crippen LogP contribution in [0.4, 0.5) is 4.39 Å². The summed E-state index contributed by atoms with van der Waals surface area (Å²) in [5.41, 5.74) is 3.32. The van der Waals surface area contributed by atoms with E-state index in [0.717, 1.165) is 10.0 Å². The van der Waals surface area contributed by atoms with Gasteiger partial charge in [0.2, 0.25) is 0 Å². The first-order valence-corrected chi connectivity index (χ1v) is 5.94. The molecule has 90 valence electrons. The lowest BCUT2D eigenvalue weighted by atomic mass is 10.1. The molecule has 3 nitrogen and oxygen atoms in total. The highest BCUT2D eigenvalue weighted by atomic mass is 79.9. The van der Waals surface area contributed by atoms with Crippen molar-refractivity contribution in [3.63, 3.8) is 0 Å². The van der Waals surface area contributed by atoms with Crippen LogP contribution in [0.25, 0.3) is 0 Å². The van der Waals surface area contributed by atoms with E-state index in [1.165, 1.54) is 18.4 Å². The summed E-state index contributed by atoms with van der Waals surface area (Å²) in [5, 5.41) is 0.0467. The fraction of sp³-hybridized carbons (Fsp3) is 0.0909. The number of hydrogen-bond acceptors (Lipinski definition) is 3. The maximum Gasteiger partial charge on any atom is 0.141 e. The van der Waals surface area contributed by atoms with Gasteiger partial charge in [0.05, 0.1) is 15.8 Å². The fourth-order valence-corrected chi connectivity index (χ4v) is 2.15. The third-order valence-electron chi connectivity index (χ3n) is 2.35. The van der Waals surface area contributed by atoms with E-state index in [9.17, 15) is 4.39 Å². The monoisotopic (exact) mass is 318 g/mol. The molecule has 2 aromatic rings. The largest absolute Gasteiger partial charge is 0.466 e. The molecular weight excluding hydrogens is 310 g/mol. The number of nitrogens with one attached hydrogen (secondary N) is 1. The van der Waals surface area contributed by atoms with Crippen LogP contribution in [0.3, 0.4) is 0 Å². The maximum atomic E-state index is 13.1. The molecule has 2 rings (SSSR count). The van der Waals surface area contributed by atoms with Gasteiger partial charge in [0.25, 0.3) is 0 Å². The minimum atomic E-state index is -0.468. The van der Waals surface area contributed by atoms with E-state index in [1.807, 2.05) is 0 Å². The minimum absolute atomic E-state index is 0.0467. The SMILES string of the molecule is NNC(c1ccc(F)c(Cl)c1)c1occc1Br.